The number of carbonyl (C=O) groups excluding carboxylic acids is 1. The lowest BCUT2D eigenvalue weighted by Crippen LogP contribution is -2.19. The molecule has 1 N–H and O–H groups in total. The molecule has 0 fully saturated rings. The summed E-state index contributed by atoms with van der Waals surface area (Å²) >= 11 is 1.45. The van der Waals surface area contributed by atoms with E-state index in [9.17, 15) is 9.18 Å². The van der Waals surface area contributed by atoms with E-state index in [1.54, 1.807) is 24.4 Å². The van der Waals surface area contributed by atoms with Crippen molar-refractivity contribution < 1.29 is 9.18 Å². The van der Waals surface area contributed by atoms with Crippen LogP contribution >= 0.6 is 11.8 Å². The molecule has 27 heavy (non-hydrogen) atoms. The minimum atomic E-state index is -0.283. The van der Waals surface area contributed by atoms with Gasteiger partial charge in [-0.1, -0.05) is 30.3 Å². The third kappa shape index (κ3) is 4.65. The van der Waals surface area contributed by atoms with Gasteiger partial charge in [0.15, 0.2) is 0 Å². The van der Waals surface area contributed by atoms with E-state index in [0.29, 0.717) is 5.69 Å². The normalized spacial score (nSPS) is 11.1. The highest BCUT2D eigenvalue weighted by atomic mass is 32.2. The van der Waals surface area contributed by atoms with Crippen molar-refractivity contribution >= 4 is 23.9 Å². The van der Waals surface area contributed by atoms with Gasteiger partial charge in [0.05, 0.1) is 17.7 Å². The predicted octanol–water partition coefficient (Wildman–Crippen LogP) is 4.48. The number of nitrogens with one attached hydrogen (secondary N) is 1. The van der Waals surface area contributed by atoms with Crippen molar-refractivity contribution in [3.8, 4) is 5.69 Å². The van der Waals surface area contributed by atoms with Crippen molar-refractivity contribution in [2.75, 3.05) is 5.75 Å². The molecule has 3 aromatic rings. The third-order valence-electron chi connectivity index (χ3n) is 4.07. The van der Waals surface area contributed by atoms with Crippen LogP contribution in [-0.2, 0) is 4.79 Å². The Labute approximate surface area is 162 Å². The molecule has 4 nitrogen and oxygen atoms in total. The number of para-hydroxylation sites is 1. The fourth-order valence-corrected chi connectivity index (χ4v) is 3.51. The lowest BCUT2D eigenvalue weighted by molar-refractivity contribution is -0.118. The summed E-state index contributed by atoms with van der Waals surface area (Å²) in [5.74, 6) is -0.174. The summed E-state index contributed by atoms with van der Waals surface area (Å²) in [6, 6.07) is 18.3. The Hall–Kier alpha value is -2.86. The zero-order chi connectivity index (χ0) is 19.2. The Morgan fingerprint density at radius 1 is 1.15 bits per heavy atom. The molecule has 0 bridgehead atoms. The molecule has 0 saturated carbocycles. The summed E-state index contributed by atoms with van der Waals surface area (Å²) in [6.45, 7) is 3.81. The minimum absolute atomic E-state index is 0.178. The standard InChI is InChI=1S/C21H20FN3OS/c1-15-12-17(16(2)25(15)20-11-7-6-10-19(20)22)13-23-24-21(26)14-27-18-8-4-3-5-9-18/h3-13H,14H2,1-2H3,(H,24,26)/b23-13-. The minimum Gasteiger partial charge on any atom is -0.315 e. The Balaban J connectivity index is 1.65. The van der Waals surface area contributed by atoms with Gasteiger partial charge < -0.3 is 4.57 Å². The molecular weight excluding hydrogens is 361 g/mol. The molecular formula is C21H20FN3OS. The van der Waals surface area contributed by atoms with Gasteiger partial charge in [0.2, 0.25) is 5.91 Å². The van der Waals surface area contributed by atoms with Crippen LogP contribution in [0.1, 0.15) is 17.0 Å². The van der Waals surface area contributed by atoms with Crippen molar-refractivity contribution in [2.24, 2.45) is 5.10 Å². The molecule has 0 aliphatic carbocycles. The molecule has 0 radical (unpaired) electrons. The average molecular weight is 381 g/mol. The Morgan fingerprint density at radius 2 is 1.85 bits per heavy atom. The first-order chi connectivity index (χ1) is 13.1. The van der Waals surface area contributed by atoms with E-state index in [-0.39, 0.29) is 17.5 Å². The van der Waals surface area contributed by atoms with Gasteiger partial charge in [-0.25, -0.2) is 9.82 Å². The number of aromatic nitrogens is 1. The zero-order valence-corrected chi connectivity index (χ0v) is 16.0. The van der Waals surface area contributed by atoms with Gasteiger partial charge in [0, 0.05) is 21.8 Å². The van der Waals surface area contributed by atoms with Crippen molar-refractivity contribution in [3.63, 3.8) is 0 Å². The van der Waals surface area contributed by atoms with Gasteiger partial charge in [-0.05, 0) is 44.2 Å². The molecule has 2 aromatic carbocycles. The summed E-state index contributed by atoms with van der Waals surface area (Å²) in [7, 11) is 0. The van der Waals surface area contributed by atoms with E-state index in [0.717, 1.165) is 21.8 Å². The highest BCUT2D eigenvalue weighted by Crippen LogP contribution is 2.22. The number of halogens is 1. The second-order valence-corrected chi connectivity index (χ2v) is 7.06. The Morgan fingerprint density at radius 3 is 2.59 bits per heavy atom. The third-order valence-corrected chi connectivity index (χ3v) is 5.08. The monoisotopic (exact) mass is 381 g/mol. The molecule has 1 aromatic heterocycles. The topological polar surface area (TPSA) is 46.4 Å². The first-order valence-electron chi connectivity index (χ1n) is 8.50. The van der Waals surface area contributed by atoms with Crippen LogP contribution in [0.25, 0.3) is 5.69 Å². The van der Waals surface area contributed by atoms with Crippen LogP contribution < -0.4 is 5.43 Å². The van der Waals surface area contributed by atoms with E-state index in [1.165, 1.54) is 17.8 Å². The van der Waals surface area contributed by atoms with Gasteiger partial charge in [-0.3, -0.25) is 4.79 Å². The fourth-order valence-electron chi connectivity index (χ4n) is 2.79. The number of benzene rings is 2. The smallest absolute Gasteiger partial charge is 0.250 e. The molecule has 6 heteroatoms. The van der Waals surface area contributed by atoms with Crippen LogP contribution in [0.5, 0.6) is 0 Å². The van der Waals surface area contributed by atoms with Gasteiger partial charge in [0.25, 0.3) is 0 Å². The number of hydrogen-bond acceptors (Lipinski definition) is 3. The highest BCUT2D eigenvalue weighted by molar-refractivity contribution is 8.00. The lowest BCUT2D eigenvalue weighted by Gasteiger charge is -2.10. The number of nitrogens with zero attached hydrogens (tertiary/aromatic N) is 2. The first kappa shape index (κ1) is 18.9. The highest BCUT2D eigenvalue weighted by Gasteiger charge is 2.12. The van der Waals surface area contributed by atoms with E-state index in [4.69, 9.17) is 0 Å². The molecule has 1 amide bonds. The maximum absolute atomic E-state index is 14.1. The summed E-state index contributed by atoms with van der Waals surface area (Å²) in [5, 5.41) is 4.04. The zero-order valence-electron chi connectivity index (χ0n) is 15.1. The molecule has 3 rings (SSSR count). The number of amides is 1. The SMILES string of the molecule is Cc1cc(/C=N\NC(=O)CSc2ccccc2)c(C)n1-c1ccccc1F. The van der Waals surface area contributed by atoms with Crippen LogP contribution in [0.4, 0.5) is 4.39 Å². The Bertz CT molecular complexity index is 967. The first-order valence-corrected chi connectivity index (χ1v) is 9.48. The molecule has 0 aliphatic rings. The molecule has 138 valence electrons. The number of carbonyl (C=O) groups is 1. The maximum atomic E-state index is 14.1. The number of rotatable bonds is 6. The summed E-state index contributed by atoms with van der Waals surface area (Å²) in [4.78, 5) is 13.0. The number of aryl methyl sites for hydroxylation is 1. The van der Waals surface area contributed by atoms with Gasteiger partial charge in [-0.15, -0.1) is 11.8 Å². The fraction of sp³-hybridized carbons (Fsp3) is 0.143. The summed E-state index contributed by atoms with van der Waals surface area (Å²) < 4.78 is 16.0. The summed E-state index contributed by atoms with van der Waals surface area (Å²) in [6.07, 6.45) is 1.59. The molecule has 0 saturated heterocycles. The number of thioether (sulfide) groups is 1. The van der Waals surface area contributed by atoms with Crippen molar-refractivity contribution in [3.05, 3.63) is 83.4 Å². The molecule has 0 spiro atoms. The van der Waals surface area contributed by atoms with E-state index in [2.05, 4.69) is 10.5 Å². The van der Waals surface area contributed by atoms with E-state index in [1.807, 2.05) is 54.8 Å². The molecule has 0 atom stereocenters. The van der Waals surface area contributed by atoms with Crippen LogP contribution in [0, 0.1) is 19.7 Å². The van der Waals surface area contributed by atoms with Crippen LogP contribution in [-0.4, -0.2) is 22.4 Å². The summed E-state index contributed by atoms with van der Waals surface area (Å²) in [5.41, 5.74) is 5.61. The van der Waals surface area contributed by atoms with Gasteiger partial charge in [-0.2, -0.15) is 5.10 Å². The van der Waals surface area contributed by atoms with Crippen LogP contribution in [0.2, 0.25) is 0 Å². The van der Waals surface area contributed by atoms with Crippen molar-refractivity contribution in [1.29, 1.82) is 0 Å². The molecule has 0 unspecified atom stereocenters. The molecule has 0 aliphatic heterocycles. The van der Waals surface area contributed by atoms with Crippen molar-refractivity contribution in [1.82, 2.24) is 9.99 Å². The number of hydrazone groups is 1. The second kappa shape index (κ2) is 8.68. The molecule has 1 heterocycles. The van der Waals surface area contributed by atoms with Crippen molar-refractivity contribution in [2.45, 2.75) is 18.7 Å². The maximum Gasteiger partial charge on any atom is 0.250 e. The lowest BCUT2D eigenvalue weighted by atomic mass is 10.2. The van der Waals surface area contributed by atoms with E-state index < -0.39 is 0 Å². The van der Waals surface area contributed by atoms with Gasteiger partial charge >= 0.3 is 0 Å². The van der Waals surface area contributed by atoms with Crippen LogP contribution in [0.15, 0.2) is 70.7 Å². The largest absolute Gasteiger partial charge is 0.315 e. The second-order valence-electron chi connectivity index (χ2n) is 6.01. The van der Waals surface area contributed by atoms with E-state index >= 15 is 0 Å². The van der Waals surface area contributed by atoms with Crippen LogP contribution in [0.3, 0.4) is 0 Å². The quantitative estimate of drug-likeness (QED) is 0.389. The number of hydrogen-bond donors (Lipinski definition) is 1. The Kier molecular flexibility index (Phi) is 6.08. The average Bonchev–Trinajstić information content (AvgIpc) is 2.95. The van der Waals surface area contributed by atoms with Gasteiger partial charge in [0.1, 0.15) is 5.82 Å². The predicted molar refractivity (Wildman–Crippen MR) is 108 cm³/mol.